The van der Waals surface area contributed by atoms with E-state index in [0.717, 1.165) is 5.56 Å². The topological polar surface area (TPSA) is 75.7 Å². The lowest BCUT2D eigenvalue weighted by Crippen LogP contribution is -2.26. The molecule has 0 atom stereocenters. The number of nitrogens with zero attached hydrogens (tertiary/aromatic N) is 1. The first-order valence-corrected chi connectivity index (χ1v) is 11.6. The zero-order valence-corrected chi connectivity index (χ0v) is 19.7. The van der Waals surface area contributed by atoms with E-state index in [0.29, 0.717) is 17.1 Å². The molecule has 3 aromatic rings. The van der Waals surface area contributed by atoms with Crippen molar-refractivity contribution >= 4 is 27.3 Å². The Labute approximate surface area is 189 Å². The van der Waals surface area contributed by atoms with Crippen LogP contribution < -0.4 is 14.4 Å². The van der Waals surface area contributed by atoms with Gasteiger partial charge in [0.25, 0.3) is 15.9 Å². The molecule has 0 heterocycles. The normalized spacial score (nSPS) is 11.7. The standard InChI is InChI=1S/C25H28N2O4S/c1-25(2,3)19-14-15-23(31-5)22(17-19)26-24(28)18-10-9-13-21(16-18)32(29,30)27(4)20-11-7-6-8-12-20/h6-17H,1-5H3,(H,26,28). The summed E-state index contributed by atoms with van der Waals surface area (Å²) < 4.78 is 32.8. The van der Waals surface area contributed by atoms with Gasteiger partial charge < -0.3 is 10.1 Å². The van der Waals surface area contributed by atoms with Crippen molar-refractivity contribution in [1.82, 2.24) is 0 Å². The van der Waals surface area contributed by atoms with Crippen molar-refractivity contribution in [3.8, 4) is 5.75 Å². The summed E-state index contributed by atoms with van der Waals surface area (Å²) in [5.41, 5.74) is 2.22. The number of benzene rings is 3. The predicted molar refractivity (Wildman–Crippen MR) is 128 cm³/mol. The highest BCUT2D eigenvalue weighted by Gasteiger charge is 2.23. The molecule has 168 valence electrons. The minimum absolute atomic E-state index is 0.0342. The number of rotatable bonds is 6. The molecule has 0 unspecified atom stereocenters. The van der Waals surface area contributed by atoms with Gasteiger partial charge in [-0.2, -0.15) is 0 Å². The quantitative estimate of drug-likeness (QED) is 0.567. The minimum atomic E-state index is -3.83. The fraction of sp³-hybridized carbons (Fsp3) is 0.240. The molecule has 0 aromatic heterocycles. The molecule has 0 saturated carbocycles. The van der Waals surface area contributed by atoms with E-state index >= 15 is 0 Å². The first-order chi connectivity index (χ1) is 15.0. The Morgan fingerprint density at radius 3 is 2.25 bits per heavy atom. The number of hydrogen-bond acceptors (Lipinski definition) is 4. The van der Waals surface area contributed by atoms with Crippen molar-refractivity contribution in [2.45, 2.75) is 31.1 Å². The van der Waals surface area contributed by atoms with Crippen molar-refractivity contribution < 1.29 is 17.9 Å². The Balaban J connectivity index is 1.91. The number of sulfonamides is 1. The summed E-state index contributed by atoms with van der Waals surface area (Å²) in [5.74, 6) is 0.104. The summed E-state index contributed by atoms with van der Waals surface area (Å²) in [7, 11) is -0.809. The van der Waals surface area contributed by atoms with Crippen LogP contribution in [0.3, 0.4) is 0 Å². The van der Waals surface area contributed by atoms with Crippen LogP contribution in [0.25, 0.3) is 0 Å². The van der Waals surface area contributed by atoms with E-state index in [-0.39, 0.29) is 15.9 Å². The molecule has 7 heteroatoms. The van der Waals surface area contributed by atoms with Gasteiger partial charge in [0.1, 0.15) is 5.75 Å². The molecule has 3 rings (SSSR count). The van der Waals surface area contributed by atoms with E-state index in [4.69, 9.17) is 4.74 Å². The number of hydrogen-bond donors (Lipinski definition) is 1. The van der Waals surface area contributed by atoms with Crippen LogP contribution >= 0.6 is 0 Å². The lowest BCUT2D eigenvalue weighted by Gasteiger charge is -2.21. The molecule has 1 amide bonds. The van der Waals surface area contributed by atoms with Gasteiger partial charge in [-0.25, -0.2) is 8.42 Å². The molecule has 0 aliphatic rings. The SMILES string of the molecule is COc1ccc(C(C)(C)C)cc1NC(=O)c1cccc(S(=O)(=O)N(C)c2ccccc2)c1. The first-order valence-electron chi connectivity index (χ1n) is 10.2. The van der Waals surface area contributed by atoms with Crippen molar-refractivity contribution in [1.29, 1.82) is 0 Å². The van der Waals surface area contributed by atoms with Crippen molar-refractivity contribution in [3.05, 3.63) is 83.9 Å². The number of carbonyl (C=O) groups is 1. The Kier molecular flexibility index (Phi) is 6.60. The molecule has 3 aromatic carbocycles. The van der Waals surface area contributed by atoms with E-state index in [9.17, 15) is 13.2 Å². The molecular weight excluding hydrogens is 424 g/mol. The van der Waals surface area contributed by atoms with Gasteiger partial charge in [-0.3, -0.25) is 9.10 Å². The largest absolute Gasteiger partial charge is 0.495 e. The Hall–Kier alpha value is -3.32. The molecule has 0 radical (unpaired) electrons. The average molecular weight is 453 g/mol. The second-order valence-electron chi connectivity index (χ2n) is 8.46. The van der Waals surface area contributed by atoms with E-state index < -0.39 is 15.9 Å². The third-order valence-corrected chi connectivity index (χ3v) is 6.97. The van der Waals surface area contributed by atoms with Crippen molar-refractivity contribution in [2.75, 3.05) is 23.8 Å². The second-order valence-corrected chi connectivity index (χ2v) is 10.4. The lowest BCUT2D eigenvalue weighted by atomic mass is 9.87. The second kappa shape index (κ2) is 9.04. The monoisotopic (exact) mass is 452 g/mol. The van der Waals surface area contributed by atoms with Gasteiger partial charge in [0, 0.05) is 12.6 Å². The third kappa shape index (κ3) is 4.94. The highest BCUT2D eigenvalue weighted by molar-refractivity contribution is 7.92. The fourth-order valence-electron chi connectivity index (χ4n) is 3.20. The van der Waals surface area contributed by atoms with Crippen LogP contribution in [0.2, 0.25) is 0 Å². The van der Waals surface area contributed by atoms with Crippen molar-refractivity contribution in [3.63, 3.8) is 0 Å². The number of carbonyl (C=O) groups excluding carboxylic acids is 1. The Bertz CT molecular complexity index is 1220. The molecule has 32 heavy (non-hydrogen) atoms. The highest BCUT2D eigenvalue weighted by atomic mass is 32.2. The van der Waals surface area contributed by atoms with Gasteiger partial charge in [0.15, 0.2) is 0 Å². The van der Waals surface area contributed by atoms with Crippen LogP contribution in [0.15, 0.2) is 77.7 Å². The van der Waals surface area contributed by atoms with Crippen LogP contribution in [0.4, 0.5) is 11.4 Å². The van der Waals surface area contributed by atoms with Gasteiger partial charge in [-0.15, -0.1) is 0 Å². The van der Waals surface area contributed by atoms with Gasteiger partial charge in [-0.1, -0.05) is 51.1 Å². The number of ether oxygens (including phenoxy) is 1. The summed E-state index contributed by atoms with van der Waals surface area (Å²) in [5, 5.41) is 2.86. The Morgan fingerprint density at radius 2 is 1.62 bits per heavy atom. The van der Waals surface area contributed by atoms with Crippen molar-refractivity contribution in [2.24, 2.45) is 0 Å². The van der Waals surface area contributed by atoms with Gasteiger partial charge in [0.05, 0.1) is 23.4 Å². The molecule has 0 spiro atoms. The molecular formula is C25H28N2O4S. The summed E-state index contributed by atoms with van der Waals surface area (Å²) >= 11 is 0. The summed E-state index contributed by atoms with van der Waals surface area (Å²) in [4.78, 5) is 13.0. The minimum Gasteiger partial charge on any atom is -0.495 e. The van der Waals surface area contributed by atoms with Crippen LogP contribution in [0.1, 0.15) is 36.7 Å². The summed E-state index contributed by atoms with van der Waals surface area (Å²) in [6.45, 7) is 6.24. The highest BCUT2D eigenvalue weighted by Crippen LogP contribution is 2.32. The number of para-hydroxylation sites is 1. The van der Waals surface area contributed by atoms with E-state index in [1.54, 1.807) is 36.4 Å². The molecule has 0 fully saturated rings. The molecule has 6 nitrogen and oxygen atoms in total. The maximum atomic E-state index is 13.1. The van der Waals surface area contributed by atoms with E-state index in [1.165, 1.54) is 30.6 Å². The molecule has 0 aliphatic carbocycles. The first kappa shape index (κ1) is 23.3. The van der Waals surface area contributed by atoms with Crippen LogP contribution in [0.5, 0.6) is 5.75 Å². The average Bonchev–Trinajstić information content (AvgIpc) is 2.78. The van der Waals surface area contributed by atoms with E-state index in [1.807, 2.05) is 24.3 Å². The number of anilines is 2. The smallest absolute Gasteiger partial charge is 0.264 e. The number of nitrogens with one attached hydrogen (secondary N) is 1. The zero-order chi connectivity index (χ0) is 23.5. The van der Waals surface area contributed by atoms with Crippen LogP contribution in [-0.4, -0.2) is 28.5 Å². The van der Waals surface area contributed by atoms with E-state index in [2.05, 4.69) is 26.1 Å². The lowest BCUT2D eigenvalue weighted by molar-refractivity contribution is 0.102. The molecule has 0 saturated heterocycles. The fourth-order valence-corrected chi connectivity index (χ4v) is 4.44. The predicted octanol–water partition coefficient (Wildman–Crippen LogP) is 5.07. The number of amides is 1. The third-order valence-electron chi connectivity index (χ3n) is 5.19. The van der Waals surface area contributed by atoms with Crippen LogP contribution in [-0.2, 0) is 15.4 Å². The maximum absolute atomic E-state index is 13.1. The van der Waals surface area contributed by atoms with Gasteiger partial charge in [0.2, 0.25) is 0 Å². The molecule has 1 N–H and O–H groups in total. The summed E-state index contributed by atoms with van der Waals surface area (Å²) in [6, 6.07) is 20.4. The van der Waals surface area contributed by atoms with Gasteiger partial charge >= 0.3 is 0 Å². The Morgan fingerprint density at radius 1 is 0.938 bits per heavy atom. The van der Waals surface area contributed by atoms with Crippen LogP contribution in [0, 0.1) is 0 Å². The van der Waals surface area contributed by atoms with Gasteiger partial charge in [-0.05, 0) is 53.4 Å². The maximum Gasteiger partial charge on any atom is 0.264 e. The summed E-state index contributed by atoms with van der Waals surface area (Å²) in [6.07, 6.45) is 0. The molecule has 0 bridgehead atoms. The molecule has 0 aliphatic heterocycles. The zero-order valence-electron chi connectivity index (χ0n) is 18.9. The number of methoxy groups -OCH3 is 1.